The van der Waals surface area contributed by atoms with E-state index in [1.165, 1.54) is 22.4 Å². The molecular weight excluding hydrogens is 348 g/mol. The van der Waals surface area contributed by atoms with E-state index >= 15 is 0 Å². The number of nitrogens with zero attached hydrogens (tertiary/aromatic N) is 2. The van der Waals surface area contributed by atoms with Gasteiger partial charge in [0.1, 0.15) is 10.7 Å². The van der Waals surface area contributed by atoms with Gasteiger partial charge in [-0.15, -0.1) is 11.3 Å². The second-order valence-corrected chi connectivity index (χ2v) is 7.63. The van der Waals surface area contributed by atoms with Gasteiger partial charge in [0.2, 0.25) is 0 Å². The lowest BCUT2D eigenvalue weighted by Gasteiger charge is -2.13. The van der Waals surface area contributed by atoms with Crippen LogP contribution in [0.25, 0.3) is 0 Å². The van der Waals surface area contributed by atoms with Crippen molar-refractivity contribution in [3.8, 4) is 0 Å². The fourth-order valence-electron chi connectivity index (χ4n) is 3.04. The average Bonchev–Trinajstić information content (AvgIpc) is 3.00. The van der Waals surface area contributed by atoms with Crippen LogP contribution >= 0.6 is 11.3 Å². The molecule has 1 aliphatic rings. The summed E-state index contributed by atoms with van der Waals surface area (Å²) in [6.07, 6.45) is 9.05. The molecule has 0 atom stereocenters. The monoisotopic (exact) mass is 372 g/mol. The number of carbonyl (C=O) groups excluding carboxylic acids is 2. The maximum Gasteiger partial charge on any atom is 0.276 e. The molecule has 2 aromatic rings. The molecular formula is C19H24N4O2S. The first-order chi connectivity index (χ1) is 12.6. The number of amides is 2. The summed E-state index contributed by atoms with van der Waals surface area (Å²) in [5, 5.41) is 6.50. The Morgan fingerprint density at radius 2 is 1.96 bits per heavy atom. The highest BCUT2D eigenvalue weighted by Crippen LogP contribution is 2.38. The molecule has 26 heavy (non-hydrogen) atoms. The maximum atomic E-state index is 12.8. The van der Waals surface area contributed by atoms with Crippen molar-refractivity contribution in [1.29, 1.82) is 0 Å². The zero-order chi connectivity index (χ0) is 18.5. The molecule has 0 aromatic carbocycles. The van der Waals surface area contributed by atoms with Crippen molar-refractivity contribution in [2.45, 2.75) is 52.4 Å². The summed E-state index contributed by atoms with van der Waals surface area (Å²) in [6, 6.07) is 0. The van der Waals surface area contributed by atoms with Crippen LogP contribution < -0.4 is 10.6 Å². The van der Waals surface area contributed by atoms with E-state index in [-0.39, 0.29) is 17.5 Å². The summed E-state index contributed by atoms with van der Waals surface area (Å²) in [4.78, 5) is 34.7. The van der Waals surface area contributed by atoms with Gasteiger partial charge in [0.05, 0.1) is 17.5 Å². The number of fused-ring (bicyclic) bond motifs is 1. The molecule has 0 spiro atoms. The summed E-state index contributed by atoms with van der Waals surface area (Å²) < 4.78 is 0. The highest BCUT2D eigenvalue weighted by molar-refractivity contribution is 7.17. The molecule has 0 bridgehead atoms. The molecule has 0 radical (unpaired) electrons. The number of hydrogen-bond donors (Lipinski definition) is 2. The number of aryl methyl sites for hydroxylation is 2. The third-order valence-electron chi connectivity index (χ3n) is 4.45. The highest BCUT2D eigenvalue weighted by atomic mass is 32.1. The Balaban J connectivity index is 1.85. The molecule has 2 heterocycles. The van der Waals surface area contributed by atoms with E-state index in [0.717, 1.165) is 49.8 Å². The standard InChI is InChI=1S/C19H24N4O2S/c1-3-4-9-20-18(25)16-13-7-5-6-8-15(13)26-19(16)23-17(24)14-11-21-12(2)10-22-14/h10-11H,3-9H2,1-2H3,(H,20,25)(H,23,24). The van der Waals surface area contributed by atoms with Crippen LogP contribution in [0, 0.1) is 6.92 Å². The summed E-state index contributed by atoms with van der Waals surface area (Å²) >= 11 is 1.51. The third-order valence-corrected chi connectivity index (χ3v) is 5.66. The molecule has 1 aliphatic carbocycles. The SMILES string of the molecule is CCCCNC(=O)c1c(NC(=O)c2cnc(C)cn2)sc2c1CCCC2. The Hall–Kier alpha value is -2.28. The smallest absolute Gasteiger partial charge is 0.276 e. The van der Waals surface area contributed by atoms with Crippen molar-refractivity contribution in [3.63, 3.8) is 0 Å². The fraction of sp³-hybridized carbons (Fsp3) is 0.474. The number of aromatic nitrogens is 2. The highest BCUT2D eigenvalue weighted by Gasteiger charge is 2.26. The largest absolute Gasteiger partial charge is 0.352 e. The first-order valence-electron chi connectivity index (χ1n) is 9.13. The predicted molar refractivity (Wildman–Crippen MR) is 103 cm³/mol. The van der Waals surface area contributed by atoms with E-state index in [4.69, 9.17) is 0 Å². The topological polar surface area (TPSA) is 84.0 Å². The lowest BCUT2D eigenvalue weighted by molar-refractivity contribution is 0.0953. The van der Waals surface area contributed by atoms with Crippen LogP contribution in [0.5, 0.6) is 0 Å². The second kappa shape index (κ2) is 8.40. The van der Waals surface area contributed by atoms with Crippen LogP contribution in [0.3, 0.4) is 0 Å². The van der Waals surface area contributed by atoms with Gasteiger partial charge in [-0.2, -0.15) is 0 Å². The van der Waals surface area contributed by atoms with E-state index in [1.54, 1.807) is 6.20 Å². The lowest BCUT2D eigenvalue weighted by Crippen LogP contribution is -2.26. The molecule has 2 N–H and O–H groups in total. The molecule has 2 amide bonds. The number of carbonyl (C=O) groups is 2. The van der Waals surface area contributed by atoms with Crippen molar-refractivity contribution in [2.75, 3.05) is 11.9 Å². The molecule has 138 valence electrons. The number of rotatable bonds is 6. The van der Waals surface area contributed by atoms with E-state index in [1.807, 2.05) is 6.92 Å². The first-order valence-corrected chi connectivity index (χ1v) is 9.94. The molecule has 2 aromatic heterocycles. The van der Waals surface area contributed by atoms with Gasteiger partial charge in [0.25, 0.3) is 11.8 Å². The van der Waals surface area contributed by atoms with Gasteiger partial charge < -0.3 is 10.6 Å². The Bertz CT molecular complexity index is 799. The minimum atomic E-state index is -0.335. The molecule has 6 nitrogen and oxygen atoms in total. The number of unbranched alkanes of at least 4 members (excludes halogenated alkanes) is 1. The van der Waals surface area contributed by atoms with Gasteiger partial charge in [0, 0.05) is 17.6 Å². The van der Waals surface area contributed by atoms with Crippen molar-refractivity contribution < 1.29 is 9.59 Å². The number of hydrogen-bond acceptors (Lipinski definition) is 5. The van der Waals surface area contributed by atoms with E-state index < -0.39 is 0 Å². The molecule has 0 fully saturated rings. The second-order valence-electron chi connectivity index (χ2n) is 6.52. The fourth-order valence-corrected chi connectivity index (χ4v) is 4.32. The minimum Gasteiger partial charge on any atom is -0.352 e. The van der Waals surface area contributed by atoms with Crippen molar-refractivity contribution in [3.05, 3.63) is 39.8 Å². The predicted octanol–water partition coefficient (Wildman–Crippen LogP) is 3.51. The zero-order valence-corrected chi connectivity index (χ0v) is 16.0. The van der Waals surface area contributed by atoms with E-state index in [0.29, 0.717) is 17.1 Å². The van der Waals surface area contributed by atoms with Crippen molar-refractivity contribution >= 4 is 28.2 Å². The Morgan fingerprint density at radius 3 is 2.69 bits per heavy atom. The summed E-state index contributed by atoms with van der Waals surface area (Å²) in [6.45, 7) is 4.56. The molecule has 0 aliphatic heterocycles. The molecule has 3 rings (SSSR count). The van der Waals surface area contributed by atoms with E-state index in [2.05, 4.69) is 27.5 Å². The van der Waals surface area contributed by atoms with Gasteiger partial charge in [-0.05, 0) is 44.6 Å². The quantitative estimate of drug-likeness (QED) is 0.760. The van der Waals surface area contributed by atoms with Gasteiger partial charge in [-0.25, -0.2) is 4.98 Å². The normalized spacial score (nSPS) is 13.2. The minimum absolute atomic E-state index is 0.0943. The average molecular weight is 372 g/mol. The van der Waals surface area contributed by atoms with Crippen LogP contribution in [0.1, 0.15) is 69.6 Å². The number of nitrogens with one attached hydrogen (secondary N) is 2. The van der Waals surface area contributed by atoms with Gasteiger partial charge in [0.15, 0.2) is 0 Å². The van der Waals surface area contributed by atoms with Crippen LogP contribution in [0.4, 0.5) is 5.00 Å². The van der Waals surface area contributed by atoms with Crippen LogP contribution in [-0.4, -0.2) is 28.3 Å². The Kier molecular flexibility index (Phi) is 5.98. The van der Waals surface area contributed by atoms with Gasteiger partial charge in [-0.1, -0.05) is 13.3 Å². The first kappa shape index (κ1) is 18.5. The Morgan fingerprint density at radius 1 is 1.15 bits per heavy atom. The van der Waals surface area contributed by atoms with E-state index in [9.17, 15) is 9.59 Å². The number of anilines is 1. The summed E-state index contributed by atoms with van der Waals surface area (Å²) in [5.74, 6) is -0.429. The molecule has 0 unspecified atom stereocenters. The molecule has 0 saturated carbocycles. The van der Waals surface area contributed by atoms with Crippen molar-refractivity contribution in [1.82, 2.24) is 15.3 Å². The van der Waals surface area contributed by atoms with Crippen LogP contribution in [-0.2, 0) is 12.8 Å². The van der Waals surface area contributed by atoms with Gasteiger partial charge in [-0.3, -0.25) is 14.6 Å². The number of thiophene rings is 1. The molecule has 0 saturated heterocycles. The van der Waals surface area contributed by atoms with Crippen LogP contribution in [0.15, 0.2) is 12.4 Å². The van der Waals surface area contributed by atoms with Crippen molar-refractivity contribution in [2.24, 2.45) is 0 Å². The lowest BCUT2D eigenvalue weighted by atomic mass is 9.95. The third kappa shape index (κ3) is 4.09. The van der Waals surface area contributed by atoms with Crippen LogP contribution in [0.2, 0.25) is 0 Å². The summed E-state index contributed by atoms with van der Waals surface area (Å²) in [5.41, 5.74) is 2.73. The maximum absolute atomic E-state index is 12.8. The Labute approximate surface area is 157 Å². The zero-order valence-electron chi connectivity index (χ0n) is 15.2. The molecule has 7 heteroatoms. The van der Waals surface area contributed by atoms with Gasteiger partial charge >= 0.3 is 0 Å². The summed E-state index contributed by atoms with van der Waals surface area (Å²) in [7, 11) is 0.